The van der Waals surface area contributed by atoms with Crippen LogP contribution in [0.3, 0.4) is 0 Å². The van der Waals surface area contributed by atoms with E-state index in [4.69, 9.17) is 0 Å². The van der Waals surface area contributed by atoms with Crippen molar-refractivity contribution in [1.82, 2.24) is 14.5 Å². The third-order valence-corrected chi connectivity index (χ3v) is 7.37. The maximum absolute atomic E-state index is 13.0. The molecule has 1 atom stereocenters. The Kier molecular flexibility index (Phi) is 6.41. The zero-order valence-corrected chi connectivity index (χ0v) is 18.3. The van der Waals surface area contributed by atoms with Crippen LogP contribution >= 0.6 is 0 Å². The van der Waals surface area contributed by atoms with E-state index >= 15 is 0 Å². The molecule has 1 aliphatic rings. The summed E-state index contributed by atoms with van der Waals surface area (Å²) in [5, 5.41) is 2.98. The molecule has 1 aliphatic heterocycles. The smallest absolute Gasteiger partial charge is 0.252 e. The van der Waals surface area contributed by atoms with Gasteiger partial charge >= 0.3 is 0 Å². The first kappa shape index (κ1) is 21.5. The average molecular weight is 416 g/mol. The molecular formula is C22H29N3O3S. The number of aryl methyl sites for hydroxylation is 2. The fourth-order valence-corrected chi connectivity index (χ4v) is 4.85. The Labute approximate surface area is 173 Å². The molecule has 2 aromatic rings. The lowest BCUT2D eigenvalue weighted by Crippen LogP contribution is -2.47. The molecule has 1 N–H and O–H groups in total. The number of nitrogens with one attached hydrogen (secondary N) is 1. The summed E-state index contributed by atoms with van der Waals surface area (Å²) in [5.74, 6) is -0.272. The Morgan fingerprint density at radius 1 is 1.00 bits per heavy atom. The van der Waals surface area contributed by atoms with Crippen LogP contribution in [0.2, 0.25) is 0 Å². The molecule has 6 nitrogen and oxygen atoms in total. The van der Waals surface area contributed by atoms with E-state index in [9.17, 15) is 13.2 Å². The van der Waals surface area contributed by atoms with Gasteiger partial charge in [-0.15, -0.1) is 0 Å². The molecule has 0 bridgehead atoms. The zero-order chi connectivity index (χ0) is 21.2. The van der Waals surface area contributed by atoms with Gasteiger partial charge in [0, 0.05) is 31.7 Å². The molecule has 1 amide bonds. The van der Waals surface area contributed by atoms with Gasteiger partial charge in [0.25, 0.3) is 5.91 Å². The van der Waals surface area contributed by atoms with Crippen molar-refractivity contribution in [2.45, 2.75) is 31.7 Å². The molecule has 0 unspecified atom stereocenters. The Balaban J connectivity index is 1.81. The first-order valence-corrected chi connectivity index (χ1v) is 11.3. The molecule has 3 rings (SSSR count). The van der Waals surface area contributed by atoms with Crippen molar-refractivity contribution in [3.8, 4) is 0 Å². The number of carbonyl (C=O) groups excluding carboxylic acids is 1. The number of piperazine rings is 1. The van der Waals surface area contributed by atoms with Gasteiger partial charge in [-0.05, 0) is 51.1 Å². The lowest BCUT2D eigenvalue weighted by molar-refractivity contribution is 0.0939. The average Bonchev–Trinajstić information content (AvgIpc) is 2.68. The number of carbonyl (C=O) groups is 1. The van der Waals surface area contributed by atoms with Gasteiger partial charge in [-0.2, -0.15) is 4.31 Å². The van der Waals surface area contributed by atoms with Gasteiger partial charge in [-0.3, -0.25) is 4.79 Å². The molecule has 7 heteroatoms. The van der Waals surface area contributed by atoms with E-state index in [0.29, 0.717) is 31.7 Å². The normalized spacial score (nSPS) is 17.1. The van der Waals surface area contributed by atoms with Gasteiger partial charge < -0.3 is 10.2 Å². The largest absolute Gasteiger partial charge is 0.346 e. The Morgan fingerprint density at radius 3 is 2.24 bits per heavy atom. The predicted octanol–water partition coefficient (Wildman–Crippen LogP) is 2.73. The third kappa shape index (κ3) is 4.86. The van der Waals surface area contributed by atoms with Gasteiger partial charge in [0.1, 0.15) is 0 Å². The zero-order valence-electron chi connectivity index (χ0n) is 17.5. The van der Waals surface area contributed by atoms with Gasteiger partial charge in [-0.25, -0.2) is 8.42 Å². The lowest BCUT2D eigenvalue weighted by atomic mass is 10.0. The second-order valence-electron chi connectivity index (χ2n) is 7.79. The SMILES string of the molecule is Cc1ccc([C@H](C)NC(=O)c2cc(S(=O)(=O)N3CCN(C)CC3)ccc2C)cc1. The number of nitrogens with zero attached hydrogens (tertiary/aromatic N) is 2. The van der Waals surface area contributed by atoms with E-state index in [1.807, 2.05) is 52.1 Å². The molecule has 0 spiro atoms. The molecule has 0 aromatic heterocycles. The van der Waals surface area contributed by atoms with E-state index in [1.165, 1.54) is 10.4 Å². The highest BCUT2D eigenvalue weighted by molar-refractivity contribution is 7.89. The summed E-state index contributed by atoms with van der Waals surface area (Å²) in [6.45, 7) is 8.07. The van der Waals surface area contributed by atoms with E-state index in [2.05, 4.69) is 10.2 Å². The van der Waals surface area contributed by atoms with Crippen LogP contribution in [0.1, 0.15) is 40.0 Å². The first-order valence-electron chi connectivity index (χ1n) is 9.85. The molecular weight excluding hydrogens is 386 g/mol. The van der Waals surface area contributed by atoms with E-state index in [0.717, 1.165) is 16.7 Å². The van der Waals surface area contributed by atoms with Gasteiger partial charge in [0.15, 0.2) is 0 Å². The molecule has 0 radical (unpaired) electrons. The van der Waals surface area contributed by atoms with E-state index in [1.54, 1.807) is 12.1 Å². The summed E-state index contributed by atoms with van der Waals surface area (Å²) in [5.41, 5.74) is 3.29. The fourth-order valence-electron chi connectivity index (χ4n) is 3.40. The van der Waals surface area contributed by atoms with Crippen LogP contribution in [-0.2, 0) is 10.0 Å². The van der Waals surface area contributed by atoms with Crippen molar-refractivity contribution in [1.29, 1.82) is 0 Å². The highest BCUT2D eigenvalue weighted by Crippen LogP contribution is 2.22. The minimum absolute atomic E-state index is 0.167. The highest BCUT2D eigenvalue weighted by atomic mass is 32.2. The van der Waals surface area contributed by atoms with Crippen molar-refractivity contribution in [2.75, 3.05) is 33.2 Å². The van der Waals surface area contributed by atoms with Crippen LogP contribution in [0, 0.1) is 13.8 Å². The van der Waals surface area contributed by atoms with Crippen molar-refractivity contribution in [3.05, 3.63) is 64.7 Å². The molecule has 2 aromatic carbocycles. The number of likely N-dealkylation sites (N-methyl/N-ethyl adjacent to an activating group) is 1. The van der Waals surface area contributed by atoms with Crippen LogP contribution in [0.25, 0.3) is 0 Å². The second kappa shape index (κ2) is 8.65. The second-order valence-corrected chi connectivity index (χ2v) is 9.73. The quantitative estimate of drug-likeness (QED) is 0.815. The molecule has 1 saturated heterocycles. The molecule has 1 fully saturated rings. The van der Waals surface area contributed by atoms with E-state index < -0.39 is 10.0 Å². The van der Waals surface area contributed by atoms with Crippen LogP contribution in [0.5, 0.6) is 0 Å². The van der Waals surface area contributed by atoms with Gasteiger partial charge in [0.05, 0.1) is 10.9 Å². The summed E-state index contributed by atoms with van der Waals surface area (Å²) in [6, 6.07) is 12.6. The standard InChI is InChI=1S/C22H29N3O3S/c1-16-5-8-19(9-6-16)18(3)23-22(26)21-15-20(10-7-17(21)2)29(27,28)25-13-11-24(4)12-14-25/h5-10,15,18H,11-14H2,1-4H3,(H,23,26)/t18-/m0/s1. The van der Waals surface area contributed by atoms with E-state index in [-0.39, 0.29) is 16.8 Å². The summed E-state index contributed by atoms with van der Waals surface area (Å²) >= 11 is 0. The van der Waals surface area contributed by atoms with Crippen molar-refractivity contribution < 1.29 is 13.2 Å². The van der Waals surface area contributed by atoms with Crippen molar-refractivity contribution >= 4 is 15.9 Å². The summed E-state index contributed by atoms with van der Waals surface area (Å²) < 4.78 is 27.6. The number of amides is 1. The van der Waals surface area contributed by atoms with Gasteiger partial charge in [0.2, 0.25) is 10.0 Å². The minimum atomic E-state index is -3.62. The Hall–Kier alpha value is -2.22. The predicted molar refractivity (Wildman–Crippen MR) is 114 cm³/mol. The lowest BCUT2D eigenvalue weighted by Gasteiger charge is -2.31. The number of sulfonamides is 1. The monoisotopic (exact) mass is 415 g/mol. The molecule has 0 aliphatic carbocycles. The number of rotatable bonds is 5. The molecule has 156 valence electrons. The summed E-state index contributed by atoms with van der Waals surface area (Å²) in [7, 11) is -1.64. The summed E-state index contributed by atoms with van der Waals surface area (Å²) in [4.78, 5) is 15.2. The summed E-state index contributed by atoms with van der Waals surface area (Å²) in [6.07, 6.45) is 0. The minimum Gasteiger partial charge on any atom is -0.346 e. The number of hydrogen-bond donors (Lipinski definition) is 1. The number of hydrogen-bond acceptors (Lipinski definition) is 4. The topological polar surface area (TPSA) is 69.7 Å². The van der Waals surface area contributed by atoms with Crippen LogP contribution in [0.15, 0.2) is 47.4 Å². The first-order chi connectivity index (χ1) is 13.7. The van der Waals surface area contributed by atoms with Crippen LogP contribution in [0.4, 0.5) is 0 Å². The maximum Gasteiger partial charge on any atom is 0.252 e. The highest BCUT2D eigenvalue weighted by Gasteiger charge is 2.28. The number of benzene rings is 2. The molecule has 29 heavy (non-hydrogen) atoms. The van der Waals surface area contributed by atoms with Crippen LogP contribution < -0.4 is 5.32 Å². The third-order valence-electron chi connectivity index (χ3n) is 5.48. The molecule has 0 saturated carbocycles. The van der Waals surface area contributed by atoms with Crippen LogP contribution in [-0.4, -0.2) is 56.8 Å². The van der Waals surface area contributed by atoms with Crippen molar-refractivity contribution in [3.63, 3.8) is 0 Å². The fraction of sp³-hybridized carbons (Fsp3) is 0.409. The molecule has 1 heterocycles. The maximum atomic E-state index is 13.0. The Morgan fingerprint density at radius 2 is 1.62 bits per heavy atom. The van der Waals surface area contributed by atoms with Gasteiger partial charge in [-0.1, -0.05) is 35.9 Å². The Bertz CT molecular complexity index is 979. The van der Waals surface area contributed by atoms with Crippen molar-refractivity contribution in [2.24, 2.45) is 0 Å².